The van der Waals surface area contributed by atoms with E-state index < -0.39 is 0 Å². The van der Waals surface area contributed by atoms with Crippen LogP contribution in [0.15, 0.2) is 0 Å². The molecule has 1 aliphatic heterocycles. The minimum Gasteiger partial charge on any atom is -0.355 e. The van der Waals surface area contributed by atoms with Crippen molar-refractivity contribution in [2.75, 3.05) is 26.2 Å². The molecule has 86 valence electrons. The number of carbonyl (C=O) groups excluding carboxylic acids is 2. The van der Waals surface area contributed by atoms with E-state index in [1.807, 2.05) is 6.92 Å². The number of hydrogen-bond donors (Lipinski definition) is 3. The van der Waals surface area contributed by atoms with Crippen LogP contribution in [-0.2, 0) is 9.59 Å². The fourth-order valence-electron chi connectivity index (χ4n) is 1.66. The molecular formula is C10H19N3O2. The smallest absolute Gasteiger partial charge is 0.239 e. The van der Waals surface area contributed by atoms with E-state index in [4.69, 9.17) is 0 Å². The quantitative estimate of drug-likeness (QED) is 0.575. The van der Waals surface area contributed by atoms with Gasteiger partial charge in [0.05, 0.1) is 6.54 Å². The lowest BCUT2D eigenvalue weighted by Gasteiger charge is -2.21. The Morgan fingerprint density at radius 2 is 1.93 bits per heavy atom. The maximum Gasteiger partial charge on any atom is 0.239 e. The Labute approximate surface area is 90.0 Å². The van der Waals surface area contributed by atoms with Gasteiger partial charge in [0.2, 0.25) is 11.8 Å². The third kappa shape index (κ3) is 4.29. The van der Waals surface area contributed by atoms with Gasteiger partial charge in [-0.1, -0.05) is 0 Å². The summed E-state index contributed by atoms with van der Waals surface area (Å²) in [6.45, 7) is 4.32. The molecule has 1 rings (SSSR count). The molecule has 0 aromatic carbocycles. The summed E-state index contributed by atoms with van der Waals surface area (Å²) in [6, 6.07) is 0. The van der Waals surface area contributed by atoms with Gasteiger partial charge in [-0.25, -0.2) is 0 Å². The highest BCUT2D eigenvalue weighted by molar-refractivity contribution is 5.85. The Hall–Kier alpha value is -1.10. The summed E-state index contributed by atoms with van der Waals surface area (Å²) >= 11 is 0. The van der Waals surface area contributed by atoms with E-state index in [0.717, 1.165) is 25.9 Å². The van der Waals surface area contributed by atoms with Crippen LogP contribution >= 0.6 is 0 Å². The van der Waals surface area contributed by atoms with Crippen molar-refractivity contribution in [1.82, 2.24) is 16.0 Å². The molecule has 1 aliphatic rings. The maximum atomic E-state index is 11.6. The summed E-state index contributed by atoms with van der Waals surface area (Å²) in [4.78, 5) is 22.7. The minimum absolute atomic E-state index is 0.00255. The average Bonchev–Trinajstić information content (AvgIpc) is 2.27. The molecule has 15 heavy (non-hydrogen) atoms. The summed E-state index contributed by atoms with van der Waals surface area (Å²) in [5, 5.41) is 8.49. The molecule has 1 heterocycles. The number of hydrogen-bond acceptors (Lipinski definition) is 3. The van der Waals surface area contributed by atoms with E-state index in [2.05, 4.69) is 16.0 Å². The van der Waals surface area contributed by atoms with Crippen molar-refractivity contribution >= 4 is 11.8 Å². The summed E-state index contributed by atoms with van der Waals surface area (Å²) < 4.78 is 0. The van der Waals surface area contributed by atoms with Crippen LogP contribution in [0.3, 0.4) is 0 Å². The Morgan fingerprint density at radius 3 is 2.53 bits per heavy atom. The molecule has 0 unspecified atom stereocenters. The second-order valence-corrected chi connectivity index (χ2v) is 3.70. The van der Waals surface area contributed by atoms with E-state index >= 15 is 0 Å². The van der Waals surface area contributed by atoms with Crippen LogP contribution in [0.1, 0.15) is 19.8 Å². The molecule has 0 atom stereocenters. The van der Waals surface area contributed by atoms with E-state index in [1.165, 1.54) is 0 Å². The SMILES string of the molecule is CCNC(=O)CNC(=O)C1CCNCC1. The fraction of sp³-hybridized carbons (Fsp3) is 0.800. The van der Waals surface area contributed by atoms with E-state index in [0.29, 0.717) is 6.54 Å². The van der Waals surface area contributed by atoms with Crippen LogP contribution in [0, 0.1) is 5.92 Å². The molecule has 0 radical (unpaired) electrons. The van der Waals surface area contributed by atoms with Crippen molar-refractivity contribution in [3.8, 4) is 0 Å². The van der Waals surface area contributed by atoms with Gasteiger partial charge in [-0.2, -0.15) is 0 Å². The van der Waals surface area contributed by atoms with E-state index in [9.17, 15) is 9.59 Å². The Kier molecular flexibility index (Phi) is 5.10. The highest BCUT2D eigenvalue weighted by Gasteiger charge is 2.20. The van der Waals surface area contributed by atoms with Crippen molar-refractivity contribution in [3.05, 3.63) is 0 Å². The van der Waals surface area contributed by atoms with Crippen LogP contribution in [-0.4, -0.2) is 38.0 Å². The summed E-state index contributed by atoms with van der Waals surface area (Å²) in [7, 11) is 0. The molecular weight excluding hydrogens is 194 g/mol. The lowest BCUT2D eigenvalue weighted by molar-refractivity contribution is -0.129. The Bertz CT molecular complexity index is 225. The first-order valence-electron chi connectivity index (χ1n) is 5.49. The Balaban J connectivity index is 2.19. The second-order valence-electron chi connectivity index (χ2n) is 3.70. The number of likely N-dealkylation sites (N-methyl/N-ethyl adjacent to an activating group) is 1. The summed E-state index contributed by atoms with van der Waals surface area (Å²) in [5.41, 5.74) is 0. The molecule has 0 aliphatic carbocycles. The van der Waals surface area contributed by atoms with Gasteiger partial charge in [0.25, 0.3) is 0 Å². The molecule has 0 bridgehead atoms. The van der Waals surface area contributed by atoms with Gasteiger partial charge < -0.3 is 16.0 Å². The first-order valence-corrected chi connectivity index (χ1v) is 5.49. The molecule has 5 heteroatoms. The maximum absolute atomic E-state index is 11.6. The molecule has 1 fully saturated rings. The number of rotatable bonds is 4. The Morgan fingerprint density at radius 1 is 1.27 bits per heavy atom. The summed E-state index contributed by atoms with van der Waals surface area (Å²) in [6.07, 6.45) is 1.72. The molecule has 0 saturated carbocycles. The molecule has 0 spiro atoms. The van der Waals surface area contributed by atoms with Crippen molar-refractivity contribution in [1.29, 1.82) is 0 Å². The lowest BCUT2D eigenvalue weighted by atomic mass is 9.97. The van der Waals surface area contributed by atoms with Gasteiger partial charge >= 0.3 is 0 Å². The van der Waals surface area contributed by atoms with Crippen molar-refractivity contribution in [3.63, 3.8) is 0 Å². The van der Waals surface area contributed by atoms with Crippen LogP contribution in [0.25, 0.3) is 0 Å². The minimum atomic E-state index is -0.125. The molecule has 5 nitrogen and oxygen atoms in total. The van der Waals surface area contributed by atoms with Crippen LogP contribution in [0.5, 0.6) is 0 Å². The van der Waals surface area contributed by atoms with Crippen LogP contribution < -0.4 is 16.0 Å². The average molecular weight is 213 g/mol. The first-order chi connectivity index (χ1) is 7.24. The first kappa shape index (κ1) is 12.0. The van der Waals surface area contributed by atoms with Gasteiger partial charge in [0, 0.05) is 12.5 Å². The van der Waals surface area contributed by atoms with Crippen molar-refractivity contribution < 1.29 is 9.59 Å². The monoisotopic (exact) mass is 213 g/mol. The predicted molar refractivity (Wildman–Crippen MR) is 57.3 cm³/mol. The lowest BCUT2D eigenvalue weighted by Crippen LogP contribution is -2.42. The number of piperidine rings is 1. The second kappa shape index (κ2) is 6.40. The van der Waals surface area contributed by atoms with Crippen molar-refractivity contribution in [2.24, 2.45) is 5.92 Å². The normalized spacial score (nSPS) is 17.1. The number of carbonyl (C=O) groups is 2. The third-order valence-electron chi connectivity index (χ3n) is 2.51. The highest BCUT2D eigenvalue weighted by Crippen LogP contribution is 2.10. The molecule has 0 aromatic rings. The van der Waals surface area contributed by atoms with Gasteiger partial charge in [-0.3, -0.25) is 9.59 Å². The van der Waals surface area contributed by atoms with Gasteiger partial charge in [0.15, 0.2) is 0 Å². The van der Waals surface area contributed by atoms with Crippen LogP contribution in [0.2, 0.25) is 0 Å². The predicted octanol–water partition coefficient (Wildman–Crippen LogP) is -0.762. The van der Waals surface area contributed by atoms with Gasteiger partial charge in [-0.05, 0) is 32.9 Å². The molecule has 0 aromatic heterocycles. The topological polar surface area (TPSA) is 70.2 Å². The van der Waals surface area contributed by atoms with E-state index in [-0.39, 0.29) is 24.3 Å². The van der Waals surface area contributed by atoms with Gasteiger partial charge in [0.1, 0.15) is 0 Å². The van der Waals surface area contributed by atoms with Crippen LogP contribution in [0.4, 0.5) is 0 Å². The molecule has 1 saturated heterocycles. The van der Waals surface area contributed by atoms with Crippen molar-refractivity contribution in [2.45, 2.75) is 19.8 Å². The highest BCUT2D eigenvalue weighted by atomic mass is 16.2. The fourth-order valence-corrected chi connectivity index (χ4v) is 1.66. The zero-order valence-corrected chi connectivity index (χ0v) is 9.14. The molecule has 2 amide bonds. The third-order valence-corrected chi connectivity index (χ3v) is 2.51. The standard InChI is InChI=1S/C10H19N3O2/c1-2-12-9(14)7-13-10(15)8-3-5-11-6-4-8/h8,11H,2-7H2,1H3,(H,12,14)(H,13,15). The zero-order valence-electron chi connectivity index (χ0n) is 9.14. The number of nitrogens with one attached hydrogen (secondary N) is 3. The van der Waals surface area contributed by atoms with E-state index in [1.54, 1.807) is 0 Å². The molecule has 3 N–H and O–H groups in total. The zero-order chi connectivity index (χ0) is 11.1. The summed E-state index contributed by atoms with van der Waals surface area (Å²) in [5.74, 6) is -0.0526. The largest absolute Gasteiger partial charge is 0.355 e. The number of amides is 2. The van der Waals surface area contributed by atoms with Gasteiger partial charge in [-0.15, -0.1) is 0 Å².